The molecule has 96 valence electrons. The van der Waals surface area contributed by atoms with Gasteiger partial charge >= 0.3 is 0 Å². The highest BCUT2D eigenvalue weighted by atomic mass is 32.1. The SMILES string of the molecule is Cc1ccc2cccc(Oc3nnc(CO)s3)c2n1. The van der Waals surface area contributed by atoms with Crippen molar-refractivity contribution in [3.63, 3.8) is 0 Å². The molecule has 0 saturated heterocycles. The Morgan fingerprint density at radius 3 is 2.89 bits per heavy atom. The molecule has 0 unspecified atom stereocenters. The average Bonchev–Trinajstić information content (AvgIpc) is 2.87. The van der Waals surface area contributed by atoms with Gasteiger partial charge in [0.15, 0.2) is 5.75 Å². The van der Waals surface area contributed by atoms with Crippen molar-refractivity contribution in [3.8, 4) is 10.9 Å². The smallest absolute Gasteiger partial charge is 0.299 e. The van der Waals surface area contributed by atoms with E-state index in [9.17, 15) is 0 Å². The van der Waals surface area contributed by atoms with E-state index >= 15 is 0 Å². The topological polar surface area (TPSA) is 68.1 Å². The number of hydrogen-bond donors (Lipinski definition) is 1. The van der Waals surface area contributed by atoms with Gasteiger partial charge in [-0.05, 0) is 19.1 Å². The van der Waals surface area contributed by atoms with Crippen LogP contribution in [0.3, 0.4) is 0 Å². The maximum atomic E-state index is 8.97. The van der Waals surface area contributed by atoms with Gasteiger partial charge in [0.2, 0.25) is 0 Å². The van der Waals surface area contributed by atoms with Gasteiger partial charge in [-0.3, -0.25) is 0 Å². The summed E-state index contributed by atoms with van der Waals surface area (Å²) in [5.74, 6) is 0.641. The lowest BCUT2D eigenvalue weighted by molar-refractivity contribution is 0.280. The predicted octanol–water partition coefficient (Wildman–Crippen LogP) is 2.68. The van der Waals surface area contributed by atoms with Crippen LogP contribution in [-0.4, -0.2) is 20.3 Å². The van der Waals surface area contributed by atoms with Crippen LogP contribution in [0.1, 0.15) is 10.7 Å². The quantitative estimate of drug-likeness (QED) is 0.794. The monoisotopic (exact) mass is 273 g/mol. The van der Waals surface area contributed by atoms with Crippen molar-refractivity contribution in [2.45, 2.75) is 13.5 Å². The third kappa shape index (κ3) is 2.40. The van der Waals surface area contributed by atoms with Crippen molar-refractivity contribution < 1.29 is 9.84 Å². The summed E-state index contributed by atoms with van der Waals surface area (Å²) in [6.07, 6.45) is 0. The highest BCUT2D eigenvalue weighted by molar-refractivity contribution is 7.13. The molecular weight excluding hydrogens is 262 g/mol. The molecule has 0 bridgehead atoms. The number of aryl methyl sites for hydroxylation is 1. The van der Waals surface area contributed by atoms with E-state index < -0.39 is 0 Å². The van der Waals surface area contributed by atoms with Crippen LogP contribution in [0.4, 0.5) is 0 Å². The second-order valence-corrected chi connectivity index (χ2v) is 5.03. The Balaban J connectivity index is 2.02. The minimum absolute atomic E-state index is 0.131. The van der Waals surface area contributed by atoms with Crippen molar-refractivity contribution >= 4 is 22.2 Å². The number of aromatic nitrogens is 3. The molecule has 0 atom stereocenters. The third-order valence-corrected chi connectivity index (χ3v) is 3.39. The predicted molar refractivity (Wildman–Crippen MR) is 72.4 cm³/mol. The van der Waals surface area contributed by atoms with Crippen LogP contribution in [0.25, 0.3) is 10.9 Å². The van der Waals surface area contributed by atoms with E-state index in [2.05, 4.69) is 15.2 Å². The lowest BCUT2D eigenvalue weighted by Crippen LogP contribution is -1.89. The number of benzene rings is 1. The number of nitrogens with zero attached hydrogens (tertiary/aromatic N) is 3. The standard InChI is InChI=1S/C13H11N3O2S/c1-8-5-6-9-3-2-4-10(12(9)14-8)18-13-16-15-11(7-17)19-13/h2-6,17H,7H2,1H3. The van der Waals surface area contributed by atoms with Crippen LogP contribution in [0.15, 0.2) is 30.3 Å². The zero-order valence-electron chi connectivity index (χ0n) is 10.2. The van der Waals surface area contributed by atoms with Crippen molar-refractivity contribution in [2.75, 3.05) is 0 Å². The first kappa shape index (κ1) is 12.0. The number of hydrogen-bond acceptors (Lipinski definition) is 6. The molecule has 3 aromatic rings. The van der Waals surface area contributed by atoms with Crippen LogP contribution < -0.4 is 4.74 Å². The Morgan fingerprint density at radius 2 is 2.11 bits per heavy atom. The zero-order chi connectivity index (χ0) is 13.2. The summed E-state index contributed by atoms with van der Waals surface area (Å²) < 4.78 is 5.70. The number of fused-ring (bicyclic) bond motifs is 1. The minimum atomic E-state index is -0.131. The molecule has 2 aromatic heterocycles. The molecule has 0 aliphatic carbocycles. The van der Waals surface area contributed by atoms with Crippen molar-refractivity contribution in [2.24, 2.45) is 0 Å². The van der Waals surface area contributed by atoms with Crippen LogP contribution >= 0.6 is 11.3 Å². The minimum Gasteiger partial charge on any atom is -0.427 e. The zero-order valence-corrected chi connectivity index (χ0v) is 11.0. The molecule has 19 heavy (non-hydrogen) atoms. The fraction of sp³-hybridized carbons (Fsp3) is 0.154. The fourth-order valence-electron chi connectivity index (χ4n) is 1.74. The second-order valence-electron chi connectivity index (χ2n) is 4.00. The van der Waals surface area contributed by atoms with Gasteiger partial charge in [-0.1, -0.05) is 34.6 Å². The number of ether oxygens (including phenoxy) is 1. The molecule has 6 heteroatoms. The Labute approximate surface area is 113 Å². The Hall–Kier alpha value is -2.05. The first-order valence-corrected chi connectivity index (χ1v) is 6.55. The van der Waals surface area contributed by atoms with E-state index in [1.54, 1.807) is 0 Å². The Bertz CT molecular complexity index is 727. The first-order valence-electron chi connectivity index (χ1n) is 5.74. The van der Waals surface area contributed by atoms with Crippen molar-refractivity contribution in [1.82, 2.24) is 15.2 Å². The normalized spacial score (nSPS) is 10.8. The van der Waals surface area contributed by atoms with E-state index in [4.69, 9.17) is 9.84 Å². The molecule has 2 heterocycles. The second kappa shape index (κ2) is 4.91. The summed E-state index contributed by atoms with van der Waals surface area (Å²) in [5.41, 5.74) is 1.72. The molecule has 1 N–H and O–H groups in total. The van der Waals surface area contributed by atoms with Gasteiger partial charge in [-0.25, -0.2) is 4.98 Å². The van der Waals surface area contributed by atoms with Gasteiger partial charge in [0, 0.05) is 11.1 Å². The number of rotatable bonds is 3. The average molecular weight is 273 g/mol. The van der Waals surface area contributed by atoms with E-state index in [1.807, 2.05) is 37.3 Å². The number of aliphatic hydroxyl groups is 1. The van der Waals surface area contributed by atoms with E-state index in [1.165, 1.54) is 11.3 Å². The molecule has 5 nitrogen and oxygen atoms in total. The van der Waals surface area contributed by atoms with Gasteiger partial charge < -0.3 is 9.84 Å². The summed E-state index contributed by atoms with van der Waals surface area (Å²) >= 11 is 1.22. The molecule has 1 aromatic carbocycles. The highest BCUT2D eigenvalue weighted by Gasteiger charge is 2.09. The van der Waals surface area contributed by atoms with E-state index in [0.717, 1.165) is 16.6 Å². The van der Waals surface area contributed by atoms with Crippen molar-refractivity contribution in [1.29, 1.82) is 0 Å². The molecule has 0 fully saturated rings. The van der Waals surface area contributed by atoms with E-state index in [0.29, 0.717) is 16.0 Å². The summed E-state index contributed by atoms with van der Waals surface area (Å²) in [6.45, 7) is 1.80. The van der Waals surface area contributed by atoms with Crippen LogP contribution in [0, 0.1) is 6.92 Å². The largest absolute Gasteiger partial charge is 0.427 e. The molecular formula is C13H11N3O2S. The number of pyridine rings is 1. The summed E-state index contributed by atoms with van der Waals surface area (Å²) in [5, 5.41) is 18.6. The molecule has 0 amide bonds. The maximum absolute atomic E-state index is 8.97. The number of para-hydroxylation sites is 1. The third-order valence-electron chi connectivity index (χ3n) is 2.60. The van der Waals surface area contributed by atoms with Gasteiger partial charge in [-0.2, -0.15) is 0 Å². The molecule has 0 aliphatic rings. The van der Waals surface area contributed by atoms with Crippen molar-refractivity contribution in [3.05, 3.63) is 41.0 Å². The van der Waals surface area contributed by atoms with Gasteiger partial charge in [-0.15, -0.1) is 5.10 Å². The number of aliphatic hydroxyl groups excluding tert-OH is 1. The summed E-state index contributed by atoms with van der Waals surface area (Å²) in [6, 6.07) is 9.69. The van der Waals surface area contributed by atoms with Gasteiger partial charge in [0.05, 0.1) is 6.61 Å². The molecule has 0 radical (unpaired) electrons. The Morgan fingerprint density at radius 1 is 1.21 bits per heavy atom. The highest BCUT2D eigenvalue weighted by Crippen LogP contribution is 2.30. The lowest BCUT2D eigenvalue weighted by atomic mass is 10.2. The maximum Gasteiger partial charge on any atom is 0.299 e. The summed E-state index contributed by atoms with van der Waals surface area (Å²) in [7, 11) is 0. The van der Waals surface area contributed by atoms with Gasteiger partial charge in [0.25, 0.3) is 5.19 Å². The van der Waals surface area contributed by atoms with Crippen LogP contribution in [0.5, 0.6) is 10.9 Å². The molecule has 3 rings (SSSR count). The summed E-state index contributed by atoms with van der Waals surface area (Å²) in [4.78, 5) is 4.48. The molecule has 0 aliphatic heterocycles. The first-order chi connectivity index (χ1) is 9.26. The Kier molecular flexibility index (Phi) is 3.10. The molecule has 0 spiro atoms. The lowest BCUT2D eigenvalue weighted by Gasteiger charge is -2.05. The van der Waals surface area contributed by atoms with E-state index in [-0.39, 0.29) is 6.61 Å². The van der Waals surface area contributed by atoms with Crippen LogP contribution in [-0.2, 0) is 6.61 Å². The van der Waals surface area contributed by atoms with Crippen LogP contribution in [0.2, 0.25) is 0 Å². The molecule has 0 saturated carbocycles. The fourth-order valence-corrected chi connectivity index (χ4v) is 2.30. The van der Waals surface area contributed by atoms with Gasteiger partial charge in [0.1, 0.15) is 10.5 Å².